The van der Waals surface area contributed by atoms with Crippen LogP contribution in [0.25, 0.3) is 0 Å². The third-order valence-corrected chi connectivity index (χ3v) is 4.40. The van der Waals surface area contributed by atoms with E-state index in [4.69, 9.17) is 9.26 Å². The molecule has 7 heteroatoms. The lowest BCUT2D eigenvalue weighted by Crippen LogP contribution is -2.48. The van der Waals surface area contributed by atoms with E-state index in [1.807, 2.05) is 6.92 Å². The molecule has 2 N–H and O–H groups in total. The molecule has 0 aliphatic heterocycles. The summed E-state index contributed by atoms with van der Waals surface area (Å²) in [5, 5.41) is 15.8. The minimum absolute atomic E-state index is 0.0541. The summed E-state index contributed by atoms with van der Waals surface area (Å²) in [6.45, 7) is 5.30. The van der Waals surface area contributed by atoms with Crippen LogP contribution in [0.1, 0.15) is 75.3 Å². The summed E-state index contributed by atoms with van der Waals surface area (Å²) in [4.78, 5) is 23.8. The van der Waals surface area contributed by atoms with E-state index in [2.05, 4.69) is 10.5 Å². The van der Waals surface area contributed by atoms with Gasteiger partial charge in [0, 0.05) is 0 Å². The van der Waals surface area contributed by atoms with Crippen LogP contribution in [0.4, 0.5) is 0 Å². The van der Waals surface area contributed by atoms with Gasteiger partial charge in [0.1, 0.15) is 23.6 Å². The van der Waals surface area contributed by atoms with Gasteiger partial charge in [0.05, 0.1) is 11.6 Å². The lowest BCUT2D eigenvalue weighted by atomic mass is 9.96. The third-order valence-electron chi connectivity index (χ3n) is 4.40. The molecular weight excluding hydrogens is 312 g/mol. The molecule has 1 aliphatic carbocycles. The van der Waals surface area contributed by atoms with E-state index in [-0.39, 0.29) is 23.3 Å². The number of ether oxygens (including phenoxy) is 1. The number of carbonyl (C=O) groups excluding carboxylic acids is 1. The zero-order valence-electron chi connectivity index (χ0n) is 14.5. The number of carboxylic acid groups (broad SMARTS) is 1. The first kappa shape index (κ1) is 18.4. The van der Waals surface area contributed by atoms with Crippen molar-refractivity contribution in [3.05, 3.63) is 17.5 Å². The molecule has 0 saturated heterocycles. The Labute approximate surface area is 141 Å². The second-order valence-corrected chi connectivity index (χ2v) is 6.79. The van der Waals surface area contributed by atoms with E-state index < -0.39 is 17.6 Å². The van der Waals surface area contributed by atoms with Crippen LogP contribution in [0.2, 0.25) is 0 Å². The van der Waals surface area contributed by atoms with Crippen LogP contribution in [0, 0.1) is 0 Å². The first-order valence-corrected chi connectivity index (χ1v) is 8.50. The van der Waals surface area contributed by atoms with E-state index in [0.29, 0.717) is 6.42 Å². The molecule has 1 aromatic heterocycles. The Morgan fingerprint density at radius 3 is 2.67 bits per heavy atom. The van der Waals surface area contributed by atoms with Crippen molar-refractivity contribution in [3.63, 3.8) is 0 Å². The number of aromatic carboxylic acids is 1. The number of hydrogen-bond acceptors (Lipinski definition) is 5. The molecule has 2 rings (SSSR count). The summed E-state index contributed by atoms with van der Waals surface area (Å²) >= 11 is 0. The molecule has 0 aromatic carbocycles. The van der Waals surface area contributed by atoms with Crippen LogP contribution in [0.15, 0.2) is 10.8 Å². The van der Waals surface area contributed by atoms with Gasteiger partial charge in [-0.2, -0.15) is 0 Å². The van der Waals surface area contributed by atoms with Gasteiger partial charge in [0.2, 0.25) is 5.91 Å². The number of nitrogens with one attached hydrogen (secondary N) is 1. The number of carbonyl (C=O) groups is 2. The van der Waals surface area contributed by atoms with Gasteiger partial charge in [0.15, 0.2) is 0 Å². The summed E-state index contributed by atoms with van der Waals surface area (Å²) in [6.07, 6.45) is 6.67. The average Bonchev–Trinajstić information content (AvgIpc) is 3.04. The SMILES string of the molecule is CCC(OC1CCCCC1)C(=O)NC(C)(C)c1nocc1C(=O)O. The zero-order chi connectivity index (χ0) is 17.7. The van der Waals surface area contributed by atoms with Gasteiger partial charge in [0.25, 0.3) is 0 Å². The van der Waals surface area contributed by atoms with Gasteiger partial charge in [-0.05, 0) is 33.1 Å². The first-order valence-electron chi connectivity index (χ1n) is 8.50. The second-order valence-electron chi connectivity index (χ2n) is 6.79. The highest BCUT2D eigenvalue weighted by molar-refractivity contribution is 5.89. The minimum atomic E-state index is -1.14. The van der Waals surface area contributed by atoms with Crippen LogP contribution in [-0.2, 0) is 15.1 Å². The van der Waals surface area contributed by atoms with Crippen molar-refractivity contribution in [2.75, 3.05) is 0 Å². The van der Waals surface area contributed by atoms with E-state index >= 15 is 0 Å². The Morgan fingerprint density at radius 1 is 1.42 bits per heavy atom. The number of carboxylic acids is 1. The number of nitrogens with zero attached hydrogens (tertiary/aromatic N) is 1. The van der Waals surface area contributed by atoms with Crippen molar-refractivity contribution < 1.29 is 24.0 Å². The monoisotopic (exact) mass is 338 g/mol. The van der Waals surface area contributed by atoms with E-state index in [1.165, 1.54) is 6.42 Å². The summed E-state index contributed by atoms with van der Waals surface area (Å²) in [5.74, 6) is -1.40. The van der Waals surface area contributed by atoms with Gasteiger partial charge >= 0.3 is 5.97 Å². The Hall–Kier alpha value is -1.89. The fourth-order valence-electron chi connectivity index (χ4n) is 3.06. The summed E-state index contributed by atoms with van der Waals surface area (Å²) in [5.41, 5.74) is -0.835. The maximum Gasteiger partial charge on any atom is 0.341 e. The first-order chi connectivity index (χ1) is 11.3. The Morgan fingerprint density at radius 2 is 2.08 bits per heavy atom. The second kappa shape index (κ2) is 7.79. The Bertz CT molecular complexity index is 575. The largest absolute Gasteiger partial charge is 0.478 e. The molecule has 0 spiro atoms. The van der Waals surface area contributed by atoms with Crippen LogP contribution < -0.4 is 5.32 Å². The van der Waals surface area contributed by atoms with Crippen LogP contribution in [-0.4, -0.2) is 34.3 Å². The van der Waals surface area contributed by atoms with Crippen LogP contribution >= 0.6 is 0 Å². The fraction of sp³-hybridized carbons (Fsp3) is 0.706. The lowest BCUT2D eigenvalue weighted by molar-refractivity contribution is -0.140. The van der Waals surface area contributed by atoms with Crippen LogP contribution in [0.5, 0.6) is 0 Å². The molecule has 1 heterocycles. The molecule has 1 amide bonds. The van der Waals surface area contributed by atoms with Gasteiger partial charge in [-0.1, -0.05) is 31.3 Å². The van der Waals surface area contributed by atoms with E-state index in [9.17, 15) is 14.7 Å². The molecule has 0 radical (unpaired) electrons. The molecule has 24 heavy (non-hydrogen) atoms. The van der Waals surface area contributed by atoms with Crippen molar-refractivity contribution in [2.24, 2.45) is 0 Å². The highest BCUT2D eigenvalue weighted by atomic mass is 16.5. The Kier molecular flexibility index (Phi) is 5.99. The molecule has 1 aliphatic rings. The van der Waals surface area contributed by atoms with Gasteiger partial charge in [-0.3, -0.25) is 4.79 Å². The van der Waals surface area contributed by atoms with Crippen LogP contribution in [0.3, 0.4) is 0 Å². The number of amides is 1. The summed E-state index contributed by atoms with van der Waals surface area (Å²) in [7, 11) is 0. The molecule has 1 aromatic rings. The minimum Gasteiger partial charge on any atom is -0.478 e. The Balaban J connectivity index is 2.04. The number of rotatable bonds is 7. The fourth-order valence-corrected chi connectivity index (χ4v) is 3.06. The van der Waals surface area contributed by atoms with Crippen molar-refractivity contribution in [1.29, 1.82) is 0 Å². The topological polar surface area (TPSA) is 102 Å². The summed E-state index contributed by atoms with van der Waals surface area (Å²) in [6, 6.07) is 0. The summed E-state index contributed by atoms with van der Waals surface area (Å²) < 4.78 is 10.7. The van der Waals surface area contributed by atoms with Crippen molar-refractivity contribution in [3.8, 4) is 0 Å². The maximum absolute atomic E-state index is 12.6. The predicted molar refractivity (Wildman–Crippen MR) is 86.7 cm³/mol. The van der Waals surface area contributed by atoms with Gasteiger partial charge in [-0.15, -0.1) is 0 Å². The van der Waals surface area contributed by atoms with E-state index in [1.54, 1.807) is 13.8 Å². The predicted octanol–water partition coefficient (Wildman–Crippen LogP) is 2.85. The third kappa shape index (κ3) is 4.35. The molecule has 1 fully saturated rings. The smallest absolute Gasteiger partial charge is 0.341 e. The zero-order valence-corrected chi connectivity index (χ0v) is 14.5. The highest BCUT2D eigenvalue weighted by Crippen LogP contribution is 2.25. The van der Waals surface area contributed by atoms with Crippen molar-refractivity contribution in [1.82, 2.24) is 10.5 Å². The highest BCUT2D eigenvalue weighted by Gasteiger charge is 2.34. The van der Waals surface area contributed by atoms with Crippen molar-refractivity contribution >= 4 is 11.9 Å². The van der Waals surface area contributed by atoms with Crippen molar-refractivity contribution in [2.45, 2.75) is 77.0 Å². The average molecular weight is 338 g/mol. The molecule has 0 bridgehead atoms. The molecule has 1 unspecified atom stereocenters. The quantitative estimate of drug-likeness (QED) is 0.792. The molecule has 7 nitrogen and oxygen atoms in total. The molecule has 134 valence electrons. The molecular formula is C17H26N2O5. The lowest BCUT2D eigenvalue weighted by Gasteiger charge is -2.30. The number of hydrogen-bond donors (Lipinski definition) is 2. The van der Waals surface area contributed by atoms with Gasteiger partial charge in [-0.25, -0.2) is 4.79 Å². The normalized spacial score (nSPS) is 17.5. The van der Waals surface area contributed by atoms with Gasteiger partial charge < -0.3 is 19.7 Å². The number of aromatic nitrogens is 1. The molecule has 1 saturated carbocycles. The standard InChI is InChI=1S/C17H26N2O5/c1-4-13(24-11-8-6-5-7-9-11)15(20)18-17(2,3)14-12(16(21)22)10-23-19-14/h10-11,13H,4-9H2,1-3H3,(H,18,20)(H,21,22). The maximum atomic E-state index is 12.6. The molecule has 1 atom stereocenters. The van der Waals surface area contributed by atoms with E-state index in [0.717, 1.165) is 31.9 Å².